The number of ketones is 1. The smallest absolute Gasteiger partial charge is 0.296 e. The molecule has 0 atom stereocenters. The lowest BCUT2D eigenvalue weighted by molar-refractivity contribution is -0.112. The van der Waals surface area contributed by atoms with Crippen LogP contribution in [0, 0.1) is 13.8 Å². The summed E-state index contributed by atoms with van der Waals surface area (Å²) in [5.41, 5.74) is 2.69. The second kappa shape index (κ2) is 9.25. The summed E-state index contributed by atoms with van der Waals surface area (Å²) in [5.74, 6) is -0.803. The van der Waals surface area contributed by atoms with Crippen LogP contribution in [-0.4, -0.2) is 42.8 Å². The summed E-state index contributed by atoms with van der Waals surface area (Å²) < 4.78 is 9.02. The molecule has 2 heterocycles. The van der Waals surface area contributed by atoms with Crippen LogP contribution in [0.25, 0.3) is 5.69 Å². The molecule has 0 aliphatic heterocycles. The first-order valence-corrected chi connectivity index (χ1v) is 10.1. The van der Waals surface area contributed by atoms with E-state index in [1.54, 1.807) is 53.8 Å². The van der Waals surface area contributed by atoms with E-state index >= 15 is 0 Å². The highest BCUT2D eigenvalue weighted by Crippen LogP contribution is 2.21. The van der Waals surface area contributed by atoms with E-state index in [0.29, 0.717) is 41.5 Å². The van der Waals surface area contributed by atoms with Gasteiger partial charge in [-0.15, -0.1) is 0 Å². The fourth-order valence-corrected chi connectivity index (χ4v) is 3.36. The van der Waals surface area contributed by atoms with Crippen molar-refractivity contribution in [1.82, 2.24) is 24.5 Å². The lowest BCUT2D eigenvalue weighted by Crippen LogP contribution is -2.24. The van der Waals surface area contributed by atoms with Gasteiger partial charge < -0.3 is 10.1 Å². The summed E-state index contributed by atoms with van der Waals surface area (Å²) in [7, 11) is 0. The maximum Gasteiger partial charge on any atom is 0.296 e. The van der Waals surface area contributed by atoms with Crippen molar-refractivity contribution in [3.05, 3.63) is 84.2 Å². The number of carbonyl (C=O) groups is 2. The molecule has 0 aliphatic carbocycles. The molecular formula is C23H22N6O3. The first-order valence-electron chi connectivity index (χ1n) is 10.1. The highest BCUT2D eigenvalue weighted by molar-refractivity contribution is 6.47. The SMILES string of the molecule is Cc1nn(-c2ccccc2)c(C)c1C(=O)C(=O)Nc1cccc(OCCn2cncn2)c1. The van der Waals surface area contributed by atoms with Gasteiger partial charge in [0, 0.05) is 11.8 Å². The number of ether oxygens (including phenoxy) is 1. The summed E-state index contributed by atoms with van der Waals surface area (Å²) in [6.45, 7) is 4.42. The van der Waals surface area contributed by atoms with Crippen LogP contribution in [-0.2, 0) is 11.3 Å². The van der Waals surface area contributed by atoms with Gasteiger partial charge in [0.25, 0.3) is 11.7 Å². The number of nitrogens with zero attached hydrogens (tertiary/aromatic N) is 5. The van der Waals surface area contributed by atoms with Crippen molar-refractivity contribution in [3.63, 3.8) is 0 Å². The summed E-state index contributed by atoms with van der Waals surface area (Å²) in [6.07, 6.45) is 3.07. The Kier molecular flexibility index (Phi) is 6.07. The summed E-state index contributed by atoms with van der Waals surface area (Å²) in [4.78, 5) is 29.5. The monoisotopic (exact) mass is 430 g/mol. The molecular weight excluding hydrogens is 408 g/mol. The zero-order valence-corrected chi connectivity index (χ0v) is 17.7. The standard InChI is InChI=1S/C23H22N6O3/c1-16-21(17(2)29(27-16)19-8-4-3-5-9-19)22(30)23(31)26-18-7-6-10-20(13-18)32-12-11-28-15-24-14-25-28/h3-10,13-15H,11-12H2,1-2H3,(H,26,31). The predicted molar refractivity (Wildman–Crippen MR) is 118 cm³/mol. The van der Waals surface area contributed by atoms with Crippen molar-refractivity contribution in [2.45, 2.75) is 20.4 Å². The van der Waals surface area contributed by atoms with Crippen LogP contribution in [0.2, 0.25) is 0 Å². The molecule has 0 aliphatic rings. The quantitative estimate of drug-likeness (QED) is 0.340. The Bertz CT molecular complexity index is 1230. The molecule has 0 radical (unpaired) electrons. The van der Waals surface area contributed by atoms with Gasteiger partial charge in [-0.25, -0.2) is 14.3 Å². The van der Waals surface area contributed by atoms with Crippen LogP contribution in [0.5, 0.6) is 5.75 Å². The lowest BCUT2D eigenvalue weighted by Gasteiger charge is -2.09. The van der Waals surface area contributed by atoms with Gasteiger partial charge in [0.1, 0.15) is 25.0 Å². The van der Waals surface area contributed by atoms with Crippen LogP contribution >= 0.6 is 0 Å². The Hall–Kier alpha value is -4.27. The number of carbonyl (C=O) groups excluding carboxylic acids is 2. The first kappa shape index (κ1) is 21.0. The van der Waals surface area contributed by atoms with Crippen LogP contribution in [0.1, 0.15) is 21.7 Å². The molecule has 9 nitrogen and oxygen atoms in total. The molecule has 1 N–H and O–H groups in total. The molecule has 4 rings (SSSR count). The second-order valence-electron chi connectivity index (χ2n) is 7.11. The number of rotatable bonds is 8. The van der Waals surface area contributed by atoms with Gasteiger partial charge >= 0.3 is 0 Å². The highest BCUT2D eigenvalue weighted by atomic mass is 16.5. The first-order chi connectivity index (χ1) is 15.5. The Balaban J connectivity index is 1.44. The number of hydrogen-bond acceptors (Lipinski definition) is 6. The molecule has 0 bridgehead atoms. The number of aryl methyl sites for hydroxylation is 1. The third kappa shape index (κ3) is 4.56. The minimum atomic E-state index is -0.733. The lowest BCUT2D eigenvalue weighted by atomic mass is 10.1. The van der Waals surface area contributed by atoms with Gasteiger partial charge in [-0.3, -0.25) is 9.59 Å². The maximum absolute atomic E-state index is 12.9. The Morgan fingerprint density at radius 2 is 1.88 bits per heavy atom. The minimum Gasteiger partial charge on any atom is -0.492 e. The van der Waals surface area contributed by atoms with E-state index in [2.05, 4.69) is 20.5 Å². The van der Waals surface area contributed by atoms with E-state index in [1.165, 1.54) is 6.33 Å². The number of aromatic nitrogens is 5. The number of Topliss-reactive ketones (excluding diaryl/α,β-unsaturated/α-hetero) is 1. The Morgan fingerprint density at radius 3 is 2.62 bits per heavy atom. The third-order valence-corrected chi connectivity index (χ3v) is 4.87. The van der Waals surface area contributed by atoms with E-state index in [4.69, 9.17) is 4.74 Å². The molecule has 162 valence electrons. The highest BCUT2D eigenvalue weighted by Gasteiger charge is 2.25. The van der Waals surface area contributed by atoms with Crippen LogP contribution in [0.3, 0.4) is 0 Å². The minimum absolute atomic E-state index is 0.298. The third-order valence-electron chi connectivity index (χ3n) is 4.87. The number of benzene rings is 2. The normalized spacial score (nSPS) is 10.7. The predicted octanol–water partition coefficient (Wildman–Crippen LogP) is 2.98. The number of hydrogen-bond donors (Lipinski definition) is 1. The van der Waals surface area contributed by atoms with Gasteiger partial charge in [-0.1, -0.05) is 24.3 Å². The molecule has 1 amide bonds. The van der Waals surface area contributed by atoms with Crippen LogP contribution < -0.4 is 10.1 Å². The van der Waals surface area contributed by atoms with Crippen molar-refractivity contribution < 1.29 is 14.3 Å². The molecule has 9 heteroatoms. The molecule has 0 fully saturated rings. The molecule has 2 aromatic carbocycles. The van der Waals surface area contributed by atoms with Crippen molar-refractivity contribution in [1.29, 1.82) is 0 Å². The van der Waals surface area contributed by atoms with Gasteiger partial charge in [0.15, 0.2) is 0 Å². The zero-order valence-electron chi connectivity index (χ0n) is 17.7. The van der Waals surface area contributed by atoms with E-state index in [-0.39, 0.29) is 0 Å². The second-order valence-corrected chi connectivity index (χ2v) is 7.11. The van der Waals surface area contributed by atoms with E-state index in [1.807, 2.05) is 30.3 Å². The van der Waals surface area contributed by atoms with Crippen LogP contribution in [0.15, 0.2) is 67.3 Å². The average Bonchev–Trinajstić information content (AvgIpc) is 3.42. The van der Waals surface area contributed by atoms with Gasteiger partial charge in [-0.2, -0.15) is 10.2 Å². The molecule has 0 saturated carbocycles. The van der Waals surface area contributed by atoms with Gasteiger partial charge in [-0.05, 0) is 38.1 Å². The molecule has 2 aromatic heterocycles. The molecule has 0 spiro atoms. The molecule has 0 saturated heterocycles. The largest absolute Gasteiger partial charge is 0.492 e. The van der Waals surface area contributed by atoms with Gasteiger partial charge in [0.05, 0.1) is 29.2 Å². The topological polar surface area (TPSA) is 104 Å². The van der Waals surface area contributed by atoms with Crippen molar-refractivity contribution in [3.8, 4) is 11.4 Å². The van der Waals surface area contributed by atoms with Gasteiger partial charge in [0.2, 0.25) is 0 Å². The summed E-state index contributed by atoms with van der Waals surface area (Å²) in [5, 5.41) is 11.1. The zero-order chi connectivity index (χ0) is 22.5. The van der Waals surface area contributed by atoms with Crippen molar-refractivity contribution in [2.75, 3.05) is 11.9 Å². The van der Waals surface area contributed by atoms with E-state index in [0.717, 1.165) is 5.69 Å². The maximum atomic E-state index is 12.9. The Morgan fingerprint density at radius 1 is 1.06 bits per heavy atom. The van der Waals surface area contributed by atoms with E-state index in [9.17, 15) is 9.59 Å². The summed E-state index contributed by atoms with van der Waals surface area (Å²) in [6, 6.07) is 16.3. The number of para-hydroxylation sites is 1. The molecule has 0 unspecified atom stereocenters. The molecule has 32 heavy (non-hydrogen) atoms. The Labute approximate surface area is 184 Å². The van der Waals surface area contributed by atoms with E-state index < -0.39 is 11.7 Å². The summed E-state index contributed by atoms with van der Waals surface area (Å²) >= 11 is 0. The molecule has 4 aromatic rings. The van der Waals surface area contributed by atoms with Crippen LogP contribution in [0.4, 0.5) is 5.69 Å². The fourth-order valence-electron chi connectivity index (χ4n) is 3.36. The number of nitrogens with one attached hydrogen (secondary N) is 1. The van der Waals surface area contributed by atoms with Crippen molar-refractivity contribution in [2.24, 2.45) is 0 Å². The number of amides is 1. The fraction of sp³-hybridized carbons (Fsp3) is 0.174. The average molecular weight is 430 g/mol. The number of anilines is 1. The van der Waals surface area contributed by atoms with Crippen molar-refractivity contribution >= 4 is 17.4 Å².